The van der Waals surface area contributed by atoms with Crippen molar-refractivity contribution in [3.63, 3.8) is 0 Å². The molecular formula is C16H13N3O3. The number of hydrogen-bond acceptors (Lipinski definition) is 4. The van der Waals surface area contributed by atoms with Crippen LogP contribution in [0.4, 0.5) is 5.95 Å². The number of esters is 1. The summed E-state index contributed by atoms with van der Waals surface area (Å²) in [6.07, 6.45) is 0. The van der Waals surface area contributed by atoms with Gasteiger partial charge in [-0.25, -0.2) is 4.98 Å². The van der Waals surface area contributed by atoms with Gasteiger partial charge in [0.15, 0.2) is 0 Å². The summed E-state index contributed by atoms with van der Waals surface area (Å²) >= 11 is 0. The van der Waals surface area contributed by atoms with Gasteiger partial charge in [0, 0.05) is 6.92 Å². The van der Waals surface area contributed by atoms with E-state index in [1.807, 2.05) is 24.3 Å². The number of nitrogens with zero attached hydrogens (tertiary/aromatic N) is 1. The average molecular weight is 295 g/mol. The Labute approximate surface area is 126 Å². The zero-order chi connectivity index (χ0) is 15.5. The maximum Gasteiger partial charge on any atom is 0.308 e. The van der Waals surface area contributed by atoms with Crippen LogP contribution in [0, 0.1) is 0 Å². The van der Waals surface area contributed by atoms with Crippen molar-refractivity contribution in [1.82, 2.24) is 9.97 Å². The second-order valence-corrected chi connectivity index (χ2v) is 4.65. The second kappa shape index (κ2) is 5.69. The quantitative estimate of drug-likeness (QED) is 0.575. The van der Waals surface area contributed by atoms with Gasteiger partial charge in [0.2, 0.25) is 5.95 Å². The first-order valence-corrected chi connectivity index (χ1v) is 6.67. The molecule has 0 radical (unpaired) electrons. The molecule has 6 heteroatoms. The zero-order valence-corrected chi connectivity index (χ0v) is 11.8. The van der Waals surface area contributed by atoms with E-state index in [2.05, 4.69) is 15.3 Å². The Balaban J connectivity index is 1.86. The van der Waals surface area contributed by atoms with Crippen LogP contribution >= 0.6 is 0 Å². The maximum absolute atomic E-state index is 12.3. The second-order valence-electron chi connectivity index (χ2n) is 4.65. The summed E-state index contributed by atoms with van der Waals surface area (Å²) in [5, 5.41) is 2.66. The molecule has 0 aliphatic rings. The van der Waals surface area contributed by atoms with Gasteiger partial charge in [-0.15, -0.1) is 0 Å². The highest BCUT2D eigenvalue weighted by atomic mass is 16.5. The Morgan fingerprint density at radius 2 is 1.82 bits per heavy atom. The van der Waals surface area contributed by atoms with Crippen molar-refractivity contribution in [2.24, 2.45) is 0 Å². The minimum Gasteiger partial charge on any atom is -0.426 e. The van der Waals surface area contributed by atoms with Crippen LogP contribution in [0.2, 0.25) is 0 Å². The Kier molecular flexibility index (Phi) is 3.57. The van der Waals surface area contributed by atoms with E-state index in [0.717, 1.165) is 11.0 Å². The molecule has 0 aliphatic heterocycles. The summed E-state index contributed by atoms with van der Waals surface area (Å²) in [5.41, 5.74) is 1.84. The molecule has 0 spiro atoms. The fourth-order valence-corrected chi connectivity index (χ4v) is 2.08. The number of fused-ring (bicyclic) bond motifs is 1. The molecule has 1 amide bonds. The molecule has 0 saturated carbocycles. The van der Waals surface area contributed by atoms with E-state index in [1.165, 1.54) is 6.92 Å². The van der Waals surface area contributed by atoms with Crippen molar-refractivity contribution in [1.29, 1.82) is 0 Å². The number of H-pyrrole nitrogens is 1. The van der Waals surface area contributed by atoms with E-state index in [4.69, 9.17) is 4.74 Å². The first-order valence-electron chi connectivity index (χ1n) is 6.67. The van der Waals surface area contributed by atoms with Crippen molar-refractivity contribution >= 4 is 28.9 Å². The summed E-state index contributed by atoms with van der Waals surface area (Å²) in [6, 6.07) is 14.0. The topological polar surface area (TPSA) is 84.1 Å². The Bertz CT molecular complexity index is 821. The van der Waals surface area contributed by atoms with E-state index in [0.29, 0.717) is 5.95 Å². The van der Waals surface area contributed by atoms with E-state index in [-0.39, 0.29) is 11.3 Å². The molecule has 0 unspecified atom stereocenters. The third-order valence-electron chi connectivity index (χ3n) is 3.01. The fraction of sp³-hybridized carbons (Fsp3) is 0.0625. The molecule has 0 aliphatic carbocycles. The normalized spacial score (nSPS) is 10.4. The van der Waals surface area contributed by atoms with Crippen LogP contribution in [-0.2, 0) is 4.79 Å². The van der Waals surface area contributed by atoms with Gasteiger partial charge in [0.25, 0.3) is 5.91 Å². The predicted molar refractivity (Wildman–Crippen MR) is 81.8 cm³/mol. The Morgan fingerprint density at radius 1 is 1.09 bits per heavy atom. The van der Waals surface area contributed by atoms with Crippen LogP contribution in [0.3, 0.4) is 0 Å². The molecule has 0 bridgehead atoms. The lowest BCUT2D eigenvalue weighted by Crippen LogP contribution is -2.15. The molecule has 22 heavy (non-hydrogen) atoms. The molecule has 3 rings (SSSR count). The number of carbonyl (C=O) groups is 2. The summed E-state index contributed by atoms with van der Waals surface area (Å²) in [7, 11) is 0. The number of anilines is 1. The van der Waals surface area contributed by atoms with E-state index >= 15 is 0 Å². The number of amides is 1. The number of benzene rings is 2. The minimum atomic E-state index is -0.482. The number of carbonyl (C=O) groups excluding carboxylic acids is 2. The summed E-state index contributed by atoms with van der Waals surface area (Å²) in [6.45, 7) is 1.29. The standard InChI is InChI=1S/C16H13N3O3/c1-10(20)22-14-9-5-2-6-11(14)15(21)19-16-17-12-7-3-4-8-13(12)18-16/h2-9H,1H3,(H2,17,18,19,21). The van der Waals surface area contributed by atoms with Crippen LogP contribution in [0.1, 0.15) is 17.3 Å². The molecule has 6 nitrogen and oxygen atoms in total. The van der Waals surface area contributed by atoms with Crippen LogP contribution in [0.15, 0.2) is 48.5 Å². The molecule has 0 saturated heterocycles. The molecule has 2 N–H and O–H groups in total. The van der Waals surface area contributed by atoms with Crippen molar-refractivity contribution in [3.05, 3.63) is 54.1 Å². The SMILES string of the molecule is CC(=O)Oc1ccccc1C(=O)Nc1nc2ccccc2[nH]1. The van der Waals surface area contributed by atoms with Gasteiger partial charge in [-0.2, -0.15) is 0 Å². The smallest absolute Gasteiger partial charge is 0.308 e. The molecule has 1 heterocycles. The number of rotatable bonds is 3. The Morgan fingerprint density at radius 3 is 2.59 bits per heavy atom. The number of nitrogens with one attached hydrogen (secondary N) is 2. The third-order valence-corrected chi connectivity index (χ3v) is 3.01. The number of aromatic amines is 1. The molecule has 0 fully saturated rings. The third kappa shape index (κ3) is 2.80. The van der Waals surface area contributed by atoms with Crippen molar-refractivity contribution < 1.29 is 14.3 Å². The summed E-state index contributed by atoms with van der Waals surface area (Å²) < 4.78 is 5.03. The fourth-order valence-electron chi connectivity index (χ4n) is 2.08. The van der Waals surface area contributed by atoms with Gasteiger partial charge in [-0.1, -0.05) is 24.3 Å². The first kappa shape index (κ1) is 13.8. The lowest BCUT2D eigenvalue weighted by Gasteiger charge is -2.07. The highest BCUT2D eigenvalue weighted by Crippen LogP contribution is 2.20. The average Bonchev–Trinajstić information content (AvgIpc) is 2.89. The number of imidazole rings is 1. The number of aromatic nitrogens is 2. The van der Waals surface area contributed by atoms with Crippen LogP contribution < -0.4 is 10.1 Å². The molecule has 110 valence electrons. The lowest BCUT2D eigenvalue weighted by molar-refractivity contribution is -0.131. The van der Waals surface area contributed by atoms with Gasteiger partial charge in [-0.05, 0) is 24.3 Å². The molecule has 0 atom stereocenters. The summed E-state index contributed by atoms with van der Waals surface area (Å²) in [4.78, 5) is 30.7. The van der Waals surface area contributed by atoms with E-state index in [9.17, 15) is 9.59 Å². The molecule has 1 aromatic heterocycles. The van der Waals surface area contributed by atoms with Crippen molar-refractivity contribution in [2.45, 2.75) is 6.92 Å². The highest BCUT2D eigenvalue weighted by Gasteiger charge is 2.15. The summed E-state index contributed by atoms with van der Waals surface area (Å²) in [5.74, 6) is -0.340. The first-order chi connectivity index (χ1) is 10.6. The van der Waals surface area contributed by atoms with Crippen LogP contribution in [0.25, 0.3) is 11.0 Å². The molecule has 2 aromatic carbocycles. The van der Waals surface area contributed by atoms with Crippen molar-refractivity contribution in [3.8, 4) is 5.75 Å². The van der Waals surface area contributed by atoms with E-state index < -0.39 is 11.9 Å². The van der Waals surface area contributed by atoms with Crippen molar-refractivity contribution in [2.75, 3.05) is 5.32 Å². The monoisotopic (exact) mass is 295 g/mol. The highest BCUT2D eigenvalue weighted by molar-refractivity contribution is 6.06. The van der Waals surface area contributed by atoms with Gasteiger partial charge in [0.05, 0.1) is 16.6 Å². The van der Waals surface area contributed by atoms with Crippen LogP contribution in [0.5, 0.6) is 5.75 Å². The maximum atomic E-state index is 12.3. The lowest BCUT2D eigenvalue weighted by atomic mass is 10.2. The molecular weight excluding hydrogens is 282 g/mol. The van der Waals surface area contributed by atoms with Gasteiger partial charge < -0.3 is 9.72 Å². The Hall–Kier alpha value is -3.15. The van der Waals surface area contributed by atoms with Gasteiger partial charge >= 0.3 is 5.97 Å². The number of para-hydroxylation sites is 3. The van der Waals surface area contributed by atoms with Gasteiger partial charge in [0.1, 0.15) is 5.75 Å². The number of hydrogen-bond donors (Lipinski definition) is 2. The zero-order valence-electron chi connectivity index (χ0n) is 11.8. The number of ether oxygens (including phenoxy) is 1. The molecule has 3 aromatic rings. The predicted octanol–water partition coefficient (Wildman–Crippen LogP) is 2.74. The van der Waals surface area contributed by atoms with Crippen LogP contribution in [-0.4, -0.2) is 21.8 Å². The van der Waals surface area contributed by atoms with E-state index in [1.54, 1.807) is 24.3 Å². The minimum absolute atomic E-state index is 0.212. The largest absolute Gasteiger partial charge is 0.426 e. The van der Waals surface area contributed by atoms with Gasteiger partial charge in [-0.3, -0.25) is 14.9 Å².